The van der Waals surface area contributed by atoms with Gasteiger partial charge in [-0.05, 0) is 6.07 Å². The van der Waals surface area contributed by atoms with Crippen molar-refractivity contribution in [2.24, 2.45) is 5.73 Å². The van der Waals surface area contributed by atoms with E-state index in [1.54, 1.807) is 6.20 Å². The summed E-state index contributed by atoms with van der Waals surface area (Å²) in [5.41, 5.74) is 7.06. The van der Waals surface area contributed by atoms with Gasteiger partial charge < -0.3 is 11.1 Å². The third-order valence-corrected chi connectivity index (χ3v) is 2.81. The fourth-order valence-electron chi connectivity index (χ4n) is 1.14. The molecule has 0 aliphatic carbocycles. The Morgan fingerprint density at radius 2 is 2.54 bits per heavy atom. The molecular weight excluding hydrogens is 186 g/mol. The van der Waals surface area contributed by atoms with E-state index in [2.05, 4.69) is 10.3 Å². The van der Waals surface area contributed by atoms with Crippen LogP contribution in [0, 0.1) is 0 Å². The molecule has 0 aromatic carbocycles. The molecule has 0 radical (unpaired) electrons. The van der Waals surface area contributed by atoms with Crippen LogP contribution in [0.15, 0.2) is 17.2 Å². The van der Waals surface area contributed by atoms with Gasteiger partial charge in [-0.3, -0.25) is 9.78 Å². The third kappa shape index (κ3) is 1.66. The molecule has 3 N–H and O–H groups in total. The van der Waals surface area contributed by atoms with E-state index in [-0.39, 0.29) is 5.91 Å². The van der Waals surface area contributed by atoms with Gasteiger partial charge in [0, 0.05) is 17.6 Å². The second kappa shape index (κ2) is 3.35. The Hall–Kier alpha value is -1.07. The lowest BCUT2D eigenvalue weighted by Crippen LogP contribution is -2.19. The van der Waals surface area contributed by atoms with Crippen LogP contribution in [-0.4, -0.2) is 16.6 Å². The summed E-state index contributed by atoms with van der Waals surface area (Å²) >= 11 is 1.50. The van der Waals surface area contributed by atoms with Crippen molar-refractivity contribution in [2.45, 2.75) is 11.4 Å². The Balaban J connectivity index is 2.38. The average Bonchev–Trinajstić information content (AvgIpc) is 2.16. The highest BCUT2D eigenvalue weighted by Crippen LogP contribution is 2.30. The van der Waals surface area contributed by atoms with Crippen molar-refractivity contribution in [2.75, 3.05) is 11.1 Å². The van der Waals surface area contributed by atoms with E-state index in [0.717, 1.165) is 16.3 Å². The molecular formula is C8H9N3OS. The standard InChI is InChI=1S/C8H9N3OS/c9-2-5-1-6-7(3-10-5)13-4-8(12)11-6/h1,3H,2,4,9H2,(H,11,12). The summed E-state index contributed by atoms with van der Waals surface area (Å²) in [5.74, 6) is 0.503. The van der Waals surface area contributed by atoms with Crippen LogP contribution < -0.4 is 11.1 Å². The fourth-order valence-corrected chi connectivity index (χ4v) is 1.89. The van der Waals surface area contributed by atoms with Crippen molar-refractivity contribution in [3.8, 4) is 0 Å². The van der Waals surface area contributed by atoms with Crippen molar-refractivity contribution in [3.63, 3.8) is 0 Å². The summed E-state index contributed by atoms with van der Waals surface area (Å²) in [6.45, 7) is 0.397. The first-order chi connectivity index (χ1) is 6.29. The maximum absolute atomic E-state index is 11.0. The third-order valence-electron chi connectivity index (χ3n) is 1.77. The van der Waals surface area contributed by atoms with Gasteiger partial charge in [0.15, 0.2) is 0 Å². The Morgan fingerprint density at radius 1 is 1.69 bits per heavy atom. The summed E-state index contributed by atoms with van der Waals surface area (Å²) in [6.07, 6.45) is 1.75. The van der Waals surface area contributed by atoms with Gasteiger partial charge in [-0.25, -0.2) is 0 Å². The molecule has 1 aliphatic rings. The molecule has 0 saturated carbocycles. The first kappa shape index (κ1) is 8.52. The molecule has 0 fully saturated rings. The van der Waals surface area contributed by atoms with Gasteiger partial charge in [0.1, 0.15) is 0 Å². The molecule has 0 unspecified atom stereocenters. The number of carbonyl (C=O) groups is 1. The number of aromatic nitrogens is 1. The van der Waals surface area contributed by atoms with Crippen LogP contribution in [0.4, 0.5) is 5.69 Å². The van der Waals surface area contributed by atoms with Gasteiger partial charge in [0.25, 0.3) is 0 Å². The highest BCUT2D eigenvalue weighted by atomic mass is 32.2. The van der Waals surface area contributed by atoms with Gasteiger partial charge in [-0.15, -0.1) is 11.8 Å². The second-order valence-corrected chi connectivity index (χ2v) is 3.73. The zero-order chi connectivity index (χ0) is 9.26. The van der Waals surface area contributed by atoms with E-state index in [0.29, 0.717) is 12.3 Å². The van der Waals surface area contributed by atoms with E-state index in [1.807, 2.05) is 6.07 Å². The lowest BCUT2D eigenvalue weighted by atomic mass is 10.3. The minimum Gasteiger partial charge on any atom is -0.325 e. The number of nitrogens with one attached hydrogen (secondary N) is 1. The zero-order valence-corrected chi connectivity index (χ0v) is 7.73. The molecule has 1 aliphatic heterocycles. The number of hydrogen-bond donors (Lipinski definition) is 2. The Bertz CT molecular complexity index is 353. The number of hydrogen-bond acceptors (Lipinski definition) is 4. The maximum atomic E-state index is 11.0. The molecule has 0 bridgehead atoms. The Labute approximate surface area is 79.9 Å². The minimum atomic E-state index is 0.0340. The van der Waals surface area contributed by atoms with Gasteiger partial charge in [0.05, 0.1) is 17.1 Å². The van der Waals surface area contributed by atoms with Crippen LogP contribution in [0.1, 0.15) is 5.69 Å². The molecule has 0 spiro atoms. The van der Waals surface area contributed by atoms with Crippen molar-refractivity contribution < 1.29 is 4.79 Å². The topological polar surface area (TPSA) is 68.0 Å². The largest absolute Gasteiger partial charge is 0.325 e. The normalized spacial score (nSPS) is 15.0. The SMILES string of the molecule is NCc1cc2c(cn1)SCC(=O)N2. The highest BCUT2D eigenvalue weighted by molar-refractivity contribution is 8.00. The maximum Gasteiger partial charge on any atom is 0.234 e. The van der Waals surface area contributed by atoms with Gasteiger partial charge in [0.2, 0.25) is 5.91 Å². The predicted molar refractivity (Wildman–Crippen MR) is 51.5 cm³/mol. The summed E-state index contributed by atoms with van der Waals surface area (Å²) < 4.78 is 0. The van der Waals surface area contributed by atoms with E-state index in [4.69, 9.17) is 5.73 Å². The van der Waals surface area contributed by atoms with Crippen LogP contribution in [0.5, 0.6) is 0 Å². The molecule has 1 amide bonds. The number of pyridine rings is 1. The average molecular weight is 195 g/mol. The number of thioether (sulfide) groups is 1. The molecule has 4 nitrogen and oxygen atoms in total. The van der Waals surface area contributed by atoms with Gasteiger partial charge >= 0.3 is 0 Å². The van der Waals surface area contributed by atoms with Crippen molar-refractivity contribution >= 4 is 23.4 Å². The van der Waals surface area contributed by atoms with Crippen LogP contribution in [0.3, 0.4) is 0 Å². The molecule has 2 heterocycles. The number of anilines is 1. The summed E-state index contributed by atoms with van der Waals surface area (Å²) in [6, 6.07) is 1.82. The van der Waals surface area contributed by atoms with Crippen molar-refractivity contribution in [1.29, 1.82) is 0 Å². The zero-order valence-electron chi connectivity index (χ0n) is 6.91. The van der Waals surface area contributed by atoms with Gasteiger partial charge in [-0.2, -0.15) is 0 Å². The van der Waals surface area contributed by atoms with Crippen LogP contribution in [-0.2, 0) is 11.3 Å². The quantitative estimate of drug-likeness (QED) is 0.688. The number of nitrogens with zero attached hydrogens (tertiary/aromatic N) is 1. The summed E-state index contributed by atoms with van der Waals surface area (Å²) in [4.78, 5) is 16.2. The lowest BCUT2D eigenvalue weighted by molar-refractivity contribution is -0.113. The van der Waals surface area contributed by atoms with E-state index in [9.17, 15) is 4.79 Å². The number of fused-ring (bicyclic) bond motifs is 1. The summed E-state index contributed by atoms with van der Waals surface area (Å²) in [5, 5.41) is 2.78. The van der Waals surface area contributed by atoms with Gasteiger partial charge in [-0.1, -0.05) is 0 Å². The molecule has 5 heteroatoms. The number of carbonyl (C=O) groups excluding carboxylic acids is 1. The van der Waals surface area contributed by atoms with Crippen molar-refractivity contribution in [3.05, 3.63) is 18.0 Å². The minimum absolute atomic E-state index is 0.0340. The van der Waals surface area contributed by atoms with E-state index < -0.39 is 0 Å². The monoisotopic (exact) mass is 195 g/mol. The highest BCUT2D eigenvalue weighted by Gasteiger charge is 2.15. The first-order valence-electron chi connectivity index (χ1n) is 3.91. The number of nitrogens with two attached hydrogens (primary N) is 1. The molecule has 2 rings (SSSR count). The Morgan fingerprint density at radius 3 is 3.31 bits per heavy atom. The molecule has 13 heavy (non-hydrogen) atoms. The molecule has 68 valence electrons. The van der Waals surface area contributed by atoms with Crippen molar-refractivity contribution in [1.82, 2.24) is 4.98 Å². The second-order valence-electron chi connectivity index (χ2n) is 2.71. The van der Waals surface area contributed by atoms with E-state index in [1.165, 1.54) is 11.8 Å². The number of amides is 1. The first-order valence-corrected chi connectivity index (χ1v) is 4.90. The smallest absolute Gasteiger partial charge is 0.234 e. The molecule has 0 atom stereocenters. The lowest BCUT2D eigenvalue weighted by Gasteiger charge is -2.15. The summed E-state index contributed by atoms with van der Waals surface area (Å²) in [7, 11) is 0. The predicted octanol–water partition coefficient (Wildman–Crippen LogP) is 0.584. The Kier molecular flexibility index (Phi) is 2.20. The molecule has 1 aromatic heterocycles. The number of rotatable bonds is 1. The van der Waals surface area contributed by atoms with Crippen LogP contribution in [0.25, 0.3) is 0 Å². The fraction of sp³-hybridized carbons (Fsp3) is 0.250. The van der Waals surface area contributed by atoms with Crippen LogP contribution >= 0.6 is 11.8 Å². The van der Waals surface area contributed by atoms with E-state index >= 15 is 0 Å². The molecule has 1 aromatic rings. The van der Waals surface area contributed by atoms with Crippen LogP contribution in [0.2, 0.25) is 0 Å². The molecule has 0 saturated heterocycles.